The van der Waals surface area contributed by atoms with Gasteiger partial charge in [-0.15, -0.1) is 0 Å². The highest BCUT2D eigenvalue weighted by Gasteiger charge is 2.13. The molecule has 0 fully saturated rings. The molecule has 0 bridgehead atoms. The van der Waals surface area contributed by atoms with Gasteiger partial charge in [-0.2, -0.15) is 0 Å². The Hall–Kier alpha value is -3.29. The van der Waals surface area contributed by atoms with Crippen molar-refractivity contribution in [3.05, 3.63) is 0 Å². The summed E-state index contributed by atoms with van der Waals surface area (Å²) in [7, 11) is 0. The minimum absolute atomic E-state index is 0.0328. The van der Waals surface area contributed by atoms with E-state index in [1.54, 1.807) is 4.90 Å². The van der Waals surface area contributed by atoms with E-state index in [2.05, 4.69) is 16.0 Å². The van der Waals surface area contributed by atoms with Crippen molar-refractivity contribution in [1.82, 2.24) is 20.9 Å². The average Bonchev–Trinajstić information content (AvgIpc) is 3.05. The van der Waals surface area contributed by atoms with Gasteiger partial charge in [0.2, 0.25) is 5.91 Å². The number of alkyl carbamates (subject to hydrolysis) is 2. The van der Waals surface area contributed by atoms with Crippen molar-refractivity contribution < 1.29 is 67.0 Å². The minimum Gasteiger partial charge on any atom is -0.463 e. The van der Waals surface area contributed by atoms with E-state index in [-0.39, 0.29) is 111 Å². The first kappa shape index (κ1) is 43.7. The van der Waals surface area contributed by atoms with Crippen LogP contribution in [0.4, 0.5) is 9.59 Å². The molecule has 0 spiro atoms. The third-order valence-corrected chi connectivity index (χ3v) is 5.46. The van der Waals surface area contributed by atoms with Crippen molar-refractivity contribution in [2.45, 2.75) is 33.1 Å². The summed E-state index contributed by atoms with van der Waals surface area (Å²) in [6.07, 6.45) is 0.871. The smallest absolute Gasteiger partial charge is 0.407 e. The van der Waals surface area contributed by atoms with Crippen LogP contribution in [0.25, 0.3) is 0 Å². The molecule has 0 aromatic heterocycles. The normalized spacial score (nSPS) is 10.7. The summed E-state index contributed by atoms with van der Waals surface area (Å²) in [6, 6.07) is 0. The van der Waals surface area contributed by atoms with E-state index in [1.807, 2.05) is 13.8 Å². The molecule has 47 heavy (non-hydrogen) atoms. The molecule has 0 rings (SSSR count). The van der Waals surface area contributed by atoms with Gasteiger partial charge in [-0.05, 0) is 19.3 Å². The second-order valence-electron chi connectivity index (χ2n) is 9.60. The number of aliphatic hydroxyl groups excluding tert-OH is 1. The molecule has 0 unspecified atom stereocenters. The molecule has 0 saturated heterocycles. The van der Waals surface area contributed by atoms with E-state index < -0.39 is 24.1 Å². The van der Waals surface area contributed by atoms with Gasteiger partial charge in [0.15, 0.2) is 0 Å². The Bertz CT molecular complexity index is 783. The Morgan fingerprint density at radius 2 is 1.02 bits per heavy atom. The Morgan fingerprint density at radius 3 is 1.47 bits per heavy atom. The van der Waals surface area contributed by atoms with Gasteiger partial charge in [-0.25, -0.2) is 19.2 Å². The maximum atomic E-state index is 12.2. The molecule has 3 amide bonds. The van der Waals surface area contributed by atoms with E-state index in [4.69, 9.17) is 43.0 Å². The fraction of sp³-hybridized carbons (Fsp3) is 0.828. The molecule has 0 atom stereocenters. The van der Waals surface area contributed by atoms with Crippen molar-refractivity contribution in [3.63, 3.8) is 0 Å². The quantitative estimate of drug-likeness (QED) is 0.0400. The third kappa shape index (κ3) is 31.1. The zero-order valence-corrected chi connectivity index (χ0v) is 27.8. The number of nitrogens with one attached hydrogen (secondary N) is 3. The second-order valence-corrected chi connectivity index (χ2v) is 9.60. The molecular formula is C29H54N4O14. The van der Waals surface area contributed by atoms with Gasteiger partial charge in [0.05, 0.1) is 59.4 Å². The minimum atomic E-state index is -0.601. The summed E-state index contributed by atoms with van der Waals surface area (Å²) < 4.78 is 41.1. The predicted octanol–water partition coefficient (Wildman–Crippen LogP) is -0.788. The van der Waals surface area contributed by atoms with Crippen LogP contribution in [-0.2, 0) is 52.3 Å². The molecule has 0 aliphatic carbocycles. The molecular weight excluding hydrogens is 628 g/mol. The molecule has 274 valence electrons. The second kappa shape index (κ2) is 32.6. The zero-order chi connectivity index (χ0) is 34.8. The lowest BCUT2D eigenvalue weighted by molar-refractivity contribution is -0.150. The van der Waals surface area contributed by atoms with Crippen LogP contribution in [0.15, 0.2) is 0 Å². The average molecular weight is 683 g/mol. The molecule has 4 N–H and O–H groups in total. The summed E-state index contributed by atoms with van der Waals surface area (Å²) in [6.45, 7) is 6.21. The number of esters is 2. The van der Waals surface area contributed by atoms with Crippen LogP contribution in [0.5, 0.6) is 0 Å². The molecule has 0 radical (unpaired) electrons. The highest BCUT2D eigenvalue weighted by Crippen LogP contribution is 1.94. The largest absolute Gasteiger partial charge is 0.463 e. The summed E-state index contributed by atoms with van der Waals surface area (Å²) >= 11 is 0. The van der Waals surface area contributed by atoms with Crippen LogP contribution in [0.3, 0.4) is 0 Å². The number of aliphatic hydroxyl groups is 1. The number of carbonyl (C=O) groups excluding carboxylic acids is 5. The molecule has 18 heteroatoms. The molecule has 0 aromatic carbocycles. The number of rotatable bonds is 31. The summed E-state index contributed by atoms with van der Waals surface area (Å²) in [5, 5.41) is 16.7. The molecule has 0 aromatic rings. The van der Waals surface area contributed by atoms with E-state index in [9.17, 15) is 24.0 Å². The summed E-state index contributed by atoms with van der Waals surface area (Å²) in [5.74, 6) is -1.50. The van der Waals surface area contributed by atoms with Crippen LogP contribution in [0.2, 0.25) is 0 Å². The van der Waals surface area contributed by atoms with E-state index in [1.165, 1.54) is 0 Å². The van der Waals surface area contributed by atoms with Gasteiger partial charge in [-0.1, -0.05) is 13.8 Å². The standard InChI is InChI=1S/C29H54N4O14/c1-3-12-46-28(38)31-7-14-40-18-20-42-23-26(36)44-16-9-33(22-25(35)30-6-5-11-34)10-17-45-27(37)24-43-21-19-41-15-8-32-29(39)47-13-4-2/h34H,3-24H2,1-2H3,(H,30,35)(H,31,38)(H,32,39). The number of amides is 3. The Labute approximate surface area is 276 Å². The van der Waals surface area contributed by atoms with E-state index in [0.717, 1.165) is 12.8 Å². The summed E-state index contributed by atoms with van der Waals surface area (Å²) in [5.41, 5.74) is 0. The van der Waals surface area contributed by atoms with Gasteiger partial charge in [0, 0.05) is 39.3 Å². The molecule has 0 heterocycles. The molecule has 18 nitrogen and oxygen atoms in total. The lowest BCUT2D eigenvalue weighted by atomic mass is 10.4. The number of ether oxygens (including phenoxy) is 8. The molecule has 0 saturated carbocycles. The zero-order valence-electron chi connectivity index (χ0n) is 27.8. The van der Waals surface area contributed by atoms with Crippen LogP contribution >= 0.6 is 0 Å². The van der Waals surface area contributed by atoms with Crippen LogP contribution in [0, 0.1) is 0 Å². The summed E-state index contributed by atoms with van der Waals surface area (Å²) in [4.78, 5) is 60.5. The SMILES string of the molecule is CCCOC(=O)NCCOCCOCC(=O)OCCN(CCOC(=O)COCCOCCNC(=O)OCCC)CC(=O)NCCCO. The maximum absolute atomic E-state index is 12.2. The first-order valence-electron chi connectivity index (χ1n) is 15.9. The Morgan fingerprint density at radius 1 is 0.553 bits per heavy atom. The fourth-order valence-electron chi connectivity index (χ4n) is 3.19. The Kier molecular flexibility index (Phi) is 30.4. The highest BCUT2D eigenvalue weighted by atomic mass is 16.6. The van der Waals surface area contributed by atoms with Gasteiger partial charge in [-0.3, -0.25) is 9.69 Å². The third-order valence-electron chi connectivity index (χ3n) is 5.46. The van der Waals surface area contributed by atoms with Crippen molar-refractivity contribution in [3.8, 4) is 0 Å². The van der Waals surface area contributed by atoms with Crippen molar-refractivity contribution >= 4 is 30.0 Å². The van der Waals surface area contributed by atoms with Crippen molar-refractivity contribution in [2.24, 2.45) is 0 Å². The monoisotopic (exact) mass is 682 g/mol. The van der Waals surface area contributed by atoms with Crippen LogP contribution < -0.4 is 16.0 Å². The number of hydrogen-bond acceptors (Lipinski definition) is 15. The molecule has 0 aliphatic rings. The van der Waals surface area contributed by atoms with E-state index in [0.29, 0.717) is 26.2 Å². The number of carbonyl (C=O) groups is 5. The lowest BCUT2D eigenvalue weighted by Gasteiger charge is -2.21. The molecule has 0 aliphatic heterocycles. The van der Waals surface area contributed by atoms with E-state index >= 15 is 0 Å². The first-order chi connectivity index (χ1) is 22.8. The Balaban J connectivity index is 4.14. The predicted molar refractivity (Wildman–Crippen MR) is 166 cm³/mol. The van der Waals surface area contributed by atoms with Gasteiger partial charge < -0.3 is 59.0 Å². The van der Waals surface area contributed by atoms with Gasteiger partial charge >= 0.3 is 24.1 Å². The van der Waals surface area contributed by atoms with Crippen molar-refractivity contribution in [1.29, 1.82) is 0 Å². The highest BCUT2D eigenvalue weighted by molar-refractivity contribution is 5.78. The maximum Gasteiger partial charge on any atom is 0.407 e. The van der Waals surface area contributed by atoms with Crippen molar-refractivity contribution in [2.75, 3.05) is 125 Å². The topological polar surface area (TPSA) is 219 Å². The number of nitrogens with zero attached hydrogens (tertiary/aromatic N) is 1. The first-order valence-corrected chi connectivity index (χ1v) is 15.9. The fourth-order valence-corrected chi connectivity index (χ4v) is 3.19. The number of hydrogen-bond donors (Lipinski definition) is 4. The van der Waals surface area contributed by atoms with Crippen LogP contribution in [0.1, 0.15) is 33.1 Å². The lowest BCUT2D eigenvalue weighted by Crippen LogP contribution is -2.41. The van der Waals surface area contributed by atoms with Gasteiger partial charge in [0.25, 0.3) is 0 Å². The van der Waals surface area contributed by atoms with Gasteiger partial charge in [0.1, 0.15) is 26.4 Å². The van der Waals surface area contributed by atoms with Crippen LogP contribution in [-0.4, -0.2) is 165 Å².